The van der Waals surface area contributed by atoms with E-state index in [1.54, 1.807) is 0 Å². The highest BCUT2D eigenvalue weighted by atomic mass is 16.5. The Bertz CT molecular complexity index is 223. The predicted octanol–water partition coefficient (Wildman–Crippen LogP) is 3.50. The highest BCUT2D eigenvalue weighted by Crippen LogP contribution is 2.35. The number of methoxy groups -OCH3 is 1. The van der Waals surface area contributed by atoms with E-state index in [1.807, 2.05) is 7.11 Å². The van der Waals surface area contributed by atoms with Crippen LogP contribution < -0.4 is 5.32 Å². The van der Waals surface area contributed by atoms with Gasteiger partial charge in [0.15, 0.2) is 0 Å². The molecular formula is C15H29NO. The van der Waals surface area contributed by atoms with Crippen molar-refractivity contribution in [2.24, 2.45) is 5.41 Å². The third-order valence-corrected chi connectivity index (χ3v) is 4.86. The lowest BCUT2D eigenvalue weighted by Gasteiger charge is -2.38. The molecule has 0 radical (unpaired) electrons. The molecule has 0 aromatic rings. The molecule has 0 aromatic heterocycles. The Labute approximate surface area is 107 Å². The second kappa shape index (κ2) is 6.19. The largest absolute Gasteiger partial charge is 0.380 e. The van der Waals surface area contributed by atoms with E-state index in [9.17, 15) is 0 Å². The minimum atomic E-state index is 0.455. The van der Waals surface area contributed by atoms with Gasteiger partial charge in [-0.05, 0) is 31.1 Å². The number of rotatable bonds is 4. The van der Waals surface area contributed by atoms with E-state index in [2.05, 4.69) is 12.2 Å². The van der Waals surface area contributed by atoms with Gasteiger partial charge in [-0.2, -0.15) is 0 Å². The maximum absolute atomic E-state index is 5.61. The number of ether oxygens (including phenoxy) is 1. The van der Waals surface area contributed by atoms with Crippen molar-refractivity contribution < 1.29 is 4.74 Å². The summed E-state index contributed by atoms with van der Waals surface area (Å²) in [5, 5.41) is 3.81. The van der Waals surface area contributed by atoms with Crippen LogP contribution in [0.25, 0.3) is 0 Å². The fourth-order valence-corrected chi connectivity index (χ4v) is 3.57. The lowest BCUT2D eigenvalue weighted by Crippen LogP contribution is -2.47. The molecule has 0 heterocycles. The first-order valence-electron chi connectivity index (χ1n) is 7.50. The van der Waals surface area contributed by atoms with E-state index in [1.165, 1.54) is 64.3 Å². The van der Waals surface area contributed by atoms with Crippen LogP contribution >= 0.6 is 0 Å². The van der Waals surface area contributed by atoms with Gasteiger partial charge in [-0.25, -0.2) is 0 Å². The summed E-state index contributed by atoms with van der Waals surface area (Å²) in [6.45, 7) is 3.65. The van der Waals surface area contributed by atoms with Crippen molar-refractivity contribution in [1.29, 1.82) is 0 Å². The van der Waals surface area contributed by atoms with Crippen molar-refractivity contribution >= 4 is 0 Å². The summed E-state index contributed by atoms with van der Waals surface area (Å²) >= 11 is 0. The van der Waals surface area contributed by atoms with E-state index >= 15 is 0 Å². The number of hydrogen-bond donors (Lipinski definition) is 1. The van der Waals surface area contributed by atoms with Crippen molar-refractivity contribution in [3.63, 3.8) is 0 Å². The molecule has 0 amide bonds. The Morgan fingerprint density at radius 1 is 1.06 bits per heavy atom. The molecule has 2 saturated carbocycles. The Morgan fingerprint density at radius 3 is 2.47 bits per heavy atom. The van der Waals surface area contributed by atoms with Gasteiger partial charge >= 0.3 is 0 Å². The summed E-state index contributed by atoms with van der Waals surface area (Å²) in [6, 6.07) is 0.604. The van der Waals surface area contributed by atoms with Crippen LogP contribution in [0, 0.1) is 5.41 Å². The third kappa shape index (κ3) is 3.69. The lowest BCUT2D eigenvalue weighted by molar-refractivity contribution is 0.0360. The fraction of sp³-hybridized carbons (Fsp3) is 1.00. The molecule has 100 valence electrons. The van der Waals surface area contributed by atoms with Crippen LogP contribution in [0.15, 0.2) is 0 Å². The maximum Gasteiger partial charge on any atom is 0.0724 e. The molecule has 2 atom stereocenters. The van der Waals surface area contributed by atoms with Gasteiger partial charge in [-0.15, -0.1) is 0 Å². The summed E-state index contributed by atoms with van der Waals surface area (Å²) in [7, 11) is 1.87. The van der Waals surface area contributed by atoms with Gasteiger partial charge in [0.05, 0.1) is 6.10 Å². The van der Waals surface area contributed by atoms with Gasteiger partial charge < -0.3 is 10.1 Å². The number of nitrogens with one attached hydrogen (secondary N) is 1. The van der Waals surface area contributed by atoms with Gasteiger partial charge in [0.1, 0.15) is 0 Å². The van der Waals surface area contributed by atoms with Gasteiger partial charge in [0, 0.05) is 19.7 Å². The van der Waals surface area contributed by atoms with Crippen LogP contribution in [0.3, 0.4) is 0 Å². The minimum Gasteiger partial charge on any atom is -0.380 e. The summed E-state index contributed by atoms with van der Waals surface area (Å²) in [5.74, 6) is 0. The smallest absolute Gasteiger partial charge is 0.0724 e. The summed E-state index contributed by atoms with van der Waals surface area (Å²) in [5.41, 5.74) is 0.550. The van der Waals surface area contributed by atoms with Gasteiger partial charge in [-0.3, -0.25) is 0 Å². The van der Waals surface area contributed by atoms with E-state index < -0.39 is 0 Å². The first kappa shape index (κ1) is 13.4. The van der Waals surface area contributed by atoms with Crippen LogP contribution in [0.4, 0.5) is 0 Å². The van der Waals surface area contributed by atoms with Gasteiger partial charge in [0.2, 0.25) is 0 Å². The molecule has 1 N–H and O–H groups in total. The summed E-state index contributed by atoms with van der Waals surface area (Å²) in [4.78, 5) is 0. The van der Waals surface area contributed by atoms with E-state index in [-0.39, 0.29) is 0 Å². The molecule has 2 nitrogen and oxygen atoms in total. The molecule has 2 aliphatic rings. The van der Waals surface area contributed by atoms with Crippen LogP contribution in [0.5, 0.6) is 0 Å². The highest BCUT2D eigenvalue weighted by molar-refractivity contribution is 4.86. The zero-order valence-electron chi connectivity index (χ0n) is 11.6. The zero-order chi connectivity index (χ0) is 12.1. The standard InChI is InChI=1S/C15H29NO/c1-15(10-6-3-7-11-15)12-16-13-8-4-5-9-14(13)17-2/h13-14,16H,3-12H2,1-2H3. The molecule has 2 aliphatic carbocycles. The Morgan fingerprint density at radius 2 is 1.76 bits per heavy atom. The van der Waals surface area contributed by atoms with Crippen molar-refractivity contribution in [1.82, 2.24) is 5.32 Å². The second-order valence-electron chi connectivity index (χ2n) is 6.42. The SMILES string of the molecule is COC1CCCCC1NCC1(C)CCCCC1. The van der Waals surface area contributed by atoms with Crippen molar-refractivity contribution in [3.8, 4) is 0 Å². The quantitative estimate of drug-likeness (QED) is 0.810. The van der Waals surface area contributed by atoms with Crippen LogP contribution in [0.1, 0.15) is 64.7 Å². The molecule has 0 aromatic carbocycles. The molecule has 2 fully saturated rings. The van der Waals surface area contributed by atoms with Crippen molar-refractivity contribution in [2.45, 2.75) is 76.9 Å². The molecule has 2 unspecified atom stereocenters. The first-order chi connectivity index (χ1) is 8.23. The lowest BCUT2D eigenvalue weighted by atomic mass is 9.75. The monoisotopic (exact) mass is 239 g/mol. The van der Waals surface area contributed by atoms with Crippen LogP contribution in [0.2, 0.25) is 0 Å². The molecule has 2 heteroatoms. The molecule has 2 rings (SSSR count). The number of hydrogen-bond acceptors (Lipinski definition) is 2. The van der Waals surface area contributed by atoms with Crippen molar-refractivity contribution in [3.05, 3.63) is 0 Å². The Balaban J connectivity index is 1.79. The van der Waals surface area contributed by atoms with E-state index in [4.69, 9.17) is 4.74 Å². The predicted molar refractivity (Wildman–Crippen MR) is 72.2 cm³/mol. The Hall–Kier alpha value is -0.0800. The molecule has 0 bridgehead atoms. The molecule has 0 saturated heterocycles. The highest BCUT2D eigenvalue weighted by Gasteiger charge is 2.30. The molecular weight excluding hydrogens is 210 g/mol. The fourth-order valence-electron chi connectivity index (χ4n) is 3.57. The van der Waals surface area contributed by atoms with Crippen LogP contribution in [-0.2, 0) is 4.74 Å². The van der Waals surface area contributed by atoms with Gasteiger partial charge in [-0.1, -0.05) is 39.0 Å². The maximum atomic E-state index is 5.61. The molecule has 17 heavy (non-hydrogen) atoms. The minimum absolute atomic E-state index is 0.455. The van der Waals surface area contributed by atoms with E-state index in [0.717, 1.165) is 0 Å². The molecule has 0 spiro atoms. The van der Waals surface area contributed by atoms with E-state index in [0.29, 0.717) is 17.6 Å². The Kier molecular flexibility index (Phi) is 4.87. The topological polar surface area (TPSA) is 21.3 Å². The van der Waals surface area contributed by atoms with Crippen molar-refractivity contribution in [2.75, 3.05) is 13.7 Å². The van der Waals surface area contributed by atoms with Gasteiger partial charge in [0.25, 0.3) is 0 Å². The average molecular weight is 239 g/mol. The third-order valence-electron chi connectivity index (χ3n) is 4.86. The zero-order valence-corrected chi connectivity index (χ0v) is 11.6. The second-order valence-corrected chi connectivity index (χ2v) is 6.42. The summed E-state index contributed by atoms with van der Waals surface area (Å²) < 4.78 is 5.61. The van der Waals surface area contributed by atoms with Crippen LogP contribution in [-0.4, -0.2) is 25.8 Å². The average Bonchev–Trinajstić information content (AvgIpc) is 2.38. The normalized spacial score (nSPS) is 33.5. The summed E-state index contributed by atoms with van der Waals surface area (Å²) in [6.07, 6.45) is 12.8. The molecule has 0 aliphatic heterocycles. The first-order valence-corrected chi connectivity index (χ1v) is 7.50.